The standard InChI is InChI=1S/C21H22FN3O4/c22-18-4-1-3-17(13-18)19(26)24-9-2-10-25(12-11-24)21(29)23-14-15-5-7-16(8-6-15)20(27)28/h1,3-8,13H,2,9-12,14H2,(H,23,29)(H,27,28). The zero-order valence-electron chi connectivity index (χ0n) is 15.8. The molecule has 2 aromatic carbocycles. The number of amides is 3. The first-order chi connectivity index (χ1) is 13.9. The maximum atomic E-state index is 13.4. The maximum Gasteiger partial charge on any atom is 0.335 e. The van der Waals surface area contributed by atoms with Crippen LogP contribution in [-0.4, -0.2) is 59.0 Å². The number of halogens is 1. The number of nitrogens with zero attached hydrogens (tertiary/aromatic N) is 2. The Kier molecular flexibility index (Phi) is 6.43. The predicted molar refractivity (Wildman–Crippen MR) is 104 cm³/mol. The minimum absolute atomic E-state index is 0.190. The van der Waals surface area contributed by atoms with Gasteiger partial charge in [0.25, 0.3) is 5.91 Å². The van der Waals surface area contributed by atoms with Crippen LogP contribution >= 0.6 is 0 Å². The van der Waals surface area contributed by atoms with Gasteiger partial charge < -0.3 is 20.2 Å². The quantitative estimate of drug-likeness (QED) is 0.827. The van der Waals surface area contributed by atoms with Gasteiger partial charge in [0.05, 0.1) is 5.56 Å². The second-order valence-electron chi connectivity index (χ2n) is 6.80. The molecule has 1 aliphatic rings. The number of carboxylic acids is 1. The molecule has 0 bridgehead atoms. The molecule has 29 heavy (non-hydrogen) atoms. The molecule has 1 aliphatic heterocycles. The molecule has 1 fully saturated rings. The smallest absolute Gasteiger partial charge is 0.335 e. The summed E-state index contributed by atoms with van der Waals surface area (Å²) >= 11 is 0. The van der Waals surface area contributed by atoms with Crippen LogP contribution in [0.4, 0.5) is 9.18 Å². The van der Waals surface area contributed by atoms with Crippen LogP contribution in [-0.2, 0) is 6.54 Å². The van der Waals surface area contributed by atoms with Gasteiger partial charge in [-0.3, -0.25) is 4.79 Å². The van der Waals surface area contributed by atoms with E-state index in [-0.39, 0.29) is 24.0 Å². The second-order valence-corrected chi connectivity index (χ2v) is 6.80. The van der Waals surface area contributed by atoms with Crippen LogP contribution in [0.15, 0.2) is 48.5 Å². The van der Waals surface area contributed by atoms with Crippen molar-refractivity contribution in [1.29, 1.82) is 0 Å². The van der Waals surface area contributed by atoms with Gasteiger partial charge in [-0.2, -0.15) is 0 Å². The van der Waals surface area contributed by atoms with Gasteiger partial charge >= 0.3 is 12.0 Å². The topological polar surface area (TPSA) is 89.9 Å². The molecule has 2 N–H and O–H groups in total. The van der Waals surface area contributed by atoms with E-state index >= 15 is 0 Å². The van der Waals surface area contributed by atoms with E-state index in [0.717, 1.165) is 5.56 Å². The molecular formula is C21H22FN3O4. The third-order valence-corrected chi connectivity index (χ3v) is 4.79. The Labute approximate surface area is 167 Å². The van der Waals surface area contributed by atoms with Crippen LogP contribution < -0.4 is 5.32 Å². The third kappa shape index (κ3) is 5.31. The summed E-state index contributed by atoms with van der Waals surface area (Å²) in [5.74, 6) is -1.70. The molecule has 1 heterocycles. The molecule has 0 atom stereocenters. The van der Waals surface area contributed by atoms with Gasteiger partial charge in [-0.15, -0.1) is 0 Å². The third-order valence-electron chi connectivity index (χ3n) is 4.79. The molecular weight excluding hydrogens is 377 g/mol. The van der Waals surface area contributed by atoms with E-state index in [1.54, 1.807) is 28.0 Å². The van der Waals surface area contributed by atoms with E-state index in [2.05, 4.69) is 5.32 Å². The summed E-state index contributed by atoms with van der Waals surface area (Å²) in [5, 5.41) is 11.7. The molecule has 1 saturated heterocycles. The fraction of sp³-hybridized carbons (Fsp3) is 0.286. The van der Waals surface area contributed by atoms with Crippen molar-refractivity contribution in [2.75, 3.05) is 26.2 Å². The first kappa shape index (κ1) is 20.3. The molecule has 0 aliphatic carbocycles. The van der Waals surface area contributed by atoms with Crippen LogP contribution in [0.5, 0.6) is 0 Å². The van der Waals surface area contributed by atoms with Gasteiger partial charge in [-0.1, -0.05) is 18.2 Å². The summed E-state index contributed by atoms with van der Waals surface area (Å²) in [4.78, 5) is 39.2. The number of urea groups is 1. The molecule has 0 aromatic heterocycles. The fourth-order valence-corrected chi connectivity index (χ4v) is 3.18. The first-order valence-corrected chi connectivity index (χ1v) is 9.34. The monoisotopic (exact) mass is 399 g/mol. The van der Waals surface area contributed by atoms with E-state index in [9.17, 15) is 18.8 Å². The number of carbonyl (C=O) groups is 3. The van der Waals surface area contributed by atoms with Crippen molar-refractivity contribution in [2.24, 2.45) is 0 Å². The molecule has 3 amide bonds. The van der Waals surface area contributed by atoms with E-state index < -0.39 is 11.8 Å². The van der Waals surface area contributed by atoms with Crippen LogP contribution in [0.25, 0.3) is 0 Å². The Morgan fingerprint density at radius 2 is 1.62 bits per heavy atom. The minimum atomic E-state index is -0.998. The normalized spacial score (nSPS) is 14.2. The molecule has 0 radical (unpaired) electrons. The predicted octanol–water partition coefficient (Wildman–Crippen LogP) is 2.58. The summed E-state index contributed by atoms with van der Waals surface area (Å²) in [6, 6.07) is 11.6. The number of benzene rings is 2. The van der Waals surface area contributed by atoms with Crippen molar-refractivity contribution < 1.29 is 23.9 Å². The summed E-state index contributed by atoms with van der Waals surface area (Å²) in [6.45, 7) is 2.04. The van der Waals surface area contributed by atoms with Gasteiger partial charge in [0.2, 0.25) is 0 Å². The summed E-state index contributed by atoms with van der Waals surface area (Å²) in [7, 11) is 0. The number of hydrogen-bond acceptors (Lipinski definition) is 3. The lowest BCUT2D eigenvalue weighted by atomic mass is 10.1. The summed E-state index contributed by atoms with van der Waals surface area (Å²) < 4.78 is 13.4. The van der Waals surface area contributed by atoms with E-state index in [0.29, 0.717) is 38.2 Å². The van der Waals surface area contributed by atoms with E-state index in [4.69, 9.17) is 5.11 Å². The van der Waals surface area contributed by atoms with Crippen molar-refractivity contribution in [3.05, 3.63) is 71.0 Å². The number of aromatic carboxylic acids is 1. The Balaban J connectivity index is 1.52. The summed E-state index contributed by atoms with van der Waals surface area (Å²) in [5.41, 5.74) is 1.28. The molecule has 0 saturated carbocycles. The number of carboxylic acid groups (broad SMARTS) is 1. The molecule has 0 spiro atoms. The van der Waals surface area contributed by atoms with E-state index in [1.807, 2.05) is 0 Å². The Bertz CT molecular complexity index is 901. The summed E-state index contributed by atoms with van der Waals surface area (Å²) in [6.07, 6.45) is 0.627. The van der Waals surface area contributed by atoms with Crippen molar-refractivity contribution in [2.45, 2.75) is 13.0 Å². The van der Waals surface area contributed by atoms with Crippen LogP contribution in [0.3, 0.4) is 0 Å². The lowest BCUT2D eigenvalue weighted by molar-refractivity contribution is 0.0695. The van der Waals surface area contributed by atoms with Gasteiger partial charge in [-0.25, -0.2) is 14.0 Å². The second kappa shape index (κ2) is 9.18. The zero-order chi connectivity index (χ0) is 20.8. The highest BCUT2D eigenvalue weighted by atomic mass is 19.1. The average molecular weight is 399 g/mol. The maximum absolute atomic E-state index is 13.4. The number of rotatable bonds is 4. The van der Waals surface area contributed by atoms with Gasteiger partial charge in [-0.05, 0) is 42.3 Å². The number of nitrogens with one attached hydrogen (secondary N) is 1. The van der Waals surface area contributed by atoms with Crippen molar-refractivity contribution in [1.82, 2.24) is 15.1 Å². The Morgan fingerprint density at radius 3 is 2.31 bits per heavy atom. The molecule has 152 valence electrons. The molecule has 0 unspecified atom stereocenters. The van der Waals surface area contributed by atoms with Gasteiger partial charge in [0.15, 0.2) is 0 Å². The SMILES string of the molecule is O=C(O)c1ccc(CNC(=O)N2CCCN(C(=O)c3cccc(F)c3)CC2)cc1. The fourth-order valence-electron chi connectivity index (χ4n) is 3.18. The average Bonchev–Trinajstić information content (AvgIpc) is 2.98. The van der Waals surface area contributed by atoms with Crippen molar-refractivity contribution in [3.63, 3.8) is 0 Å². The minimum Gasteiger partial charge on any atom is -0.478 e. The van der Waals surface area contributed by atoms with Gasteiger partial charge in [0, 0.05) is 38.3 Å². The zero-order valence-corrected chi connectivity index (χ0v) is 15.8. The van der Waals surface area contributed by atoms with Crippen LogP contribution in [0.2, 0.25) is 0 Å². The van der Waals surface area contributed by atoms with Crippen molar-refractivity contribution >= 4 is 17.9 Å². The van der Waals surface area contributed by atoms with Gasteiger partial charge in [0.1, 0.15) is 5.82 Å². The largest absolute Gasteiger partial charge is 0.478 e. The Morgan fingerprint density at radius 1 is 0.931 bits per heavy atom. The lowest BCUT2D eigenvalue weighted by Crippen LogP contribution is -2.42. The molecule has 2 aromatic rings. The molecule has 7 nitrogen and oxygen atoms in total. The number of hydrogen-bond donors (Lipinski definition) is 2. The lowest BCUT2D eigenvalue weighted by Gasteiger charge is -2.22. The highest BCUT2D eigenvalue weighted by Gasteiger charge is 2.23. The first-order valence-electron chi connectivity index (χ1n) is 9.34. The highest BCUT2D eigenvalue weighted by Crippen LogP contribution is 2.11. The van der Waals surface area contributed by atoms with Crippen LogP contribution in [0.1, 0.15) is 32.7 Å². The molecule has 8 heteroatoms. The van der Waals surface area contributed by atoms with Crippen molar-refractivity contribution in [3.8, 4) is 0 Å². The highest BCUT2D eigenvalue weighted by molar-refractivity contribution is 5.94. The number of carbonyl (C=O) groups excluding carboxylic acids is 2. The Hall–Kier alpha value is -3.42. The molecule has 3 rings (SSSR count). The van der Waals surface area contributed by atoms with Crippen LogP contribution in [0, 0.1) is 5.82 Å². The van der Waals surface area contributed by atoms with E-state index in [1.165, 1.54) is 30.3 Å².